The molecule has 0 amide bonds. The monoisotopic (exact) mass is 466 g/mol. The molecule has 0 fully saturated rings. The molecule has 0 atom stereocenters. The van der Waals surface area contributed by atoms with E-state index in [9.17, 15) is 23.3 Å². The number of nitrogens with one attached hydrogen (secondary N) is 1. The molecule has 1 heterocycles. The summed E-state index contributed by atoms with van der Waals surface area (Å²) < 4.78 is 39.5. The highest BCUT2D eigenvalue weighted by Crippen LogP contribution is 2.29. The van der Waals surface area contributed by atoms with Gasteiger partial charge in [-0.1, -0.05) is 24.3 Å². The quantitative estimate of drug-likeness (QED) is 0.292. The van der Waals surface area contributed by atoms with E-state index in [2.05, 4.69) is 10.3 Å². The number of nitrogens with zero attached hydrogens (tertiary/aromatic N) is 3. The summed E-state index contributed by atoms with van der Waals surface area (Å²) in [6.07, 6.45) is -2.78. The van der Waals surface area contributed by atoms with Gasteiger partial charge in [-0.15, -0.1) is 0 Å². The molecule has 10 nitrogen and oxygen atoms in total. The number of nitro benzene ring substituents is 1. The molecule has 0 radical (unpaired) electrons. The highest BCUT2D eigenvalue weighted by molar-refractivity contribution is 6.27. The fraction of sp³-hybridized carbons (Fsp3) is 0.150. The maximum Gasteiger partial charge on any atom is 0.416 e. The van der Waals surface area contributed by atoms with Gasteiger partial charge in [0.1, 0.15) is 0 Å². The highest BCUT2D eigenvalue weighted by Gasteiger charge is 2.29. The Morgan fingerprint density at radius 2 is 1.73 bits per heavy atom. The number of carboxylic acids is 2. The van der Waals surface area contributed by atoms with E-state index in [4.69, 9.17) is 19.8 Å². The summed E-state index contributed by atoms with van der Waals surface area (Å²) in [6, 6.07) is 11.1. The van der Waals surface area contributed by atoms with Crippen LogP contribution in [0.2, 0.25) is 0 Å². The molecular formula is C20H17F3N4O6. The van der Waals surface area contributed by atoms with Gasteiger partial charge in [0.05, 0.1) is 22.4 Å². The molecule has 0 aliphatic heterocycles. The zero-order chi connectivity index (χ0) is 24.8. The Morgan fingerprint density at radius 3 is 2.24 bits per heavy atom. The van der Waals surface area contributed by atoms with Gasteiger partial charge in [0, 0.05) is 31.3 Å². The smallest absolute Gasteiger partial charge is 0.416 e. The lowest BCUT2D eigenvalue weighted by molar-refractivity contribution is -0.384. The van der Waals surface area contributed by atoms with E-state index < -0.39 is 28.6 Å². The van der Waals surface area contributed by atoms with Crippen LogP contribution >= 0.6 is 0 Å². The second-order valence-electron chi connectivity index (χ2n) is 6.49. The Kier molecular flexibility index (Phi) is 7.72. The fourth-order valence-corrected chi connectivity index (χ4v) is 2.61. The molecule has 174 valence electrons. The number of rotatable bonds is 5. The summed E-state index contributed by atoms with van der Waals surface area (Å²) >= 11 is 0. The van der Waals surface area contributed by atoms with E-state index >= 15 is 0 Å². The average Bonchev–Trinajstić information content (AvgIpc) is 3.12. The fourth-order valence-electron chi connectivity index (χ4n) is 2.61. The number of anilines is 1. The van der Waals surface area contributed by atoms with Gasteiger partial charge in [0.15, 0.2) is 0 Å². The summed E-state index contributed by atoms with van der Waals surface area (Å²) in [6.45, 7) is 0.289. The van der Waals surface area contributed by atoms with Crippen LogP contribution in [0, 0.1) is 10.1 Å². The van der Waals surface area contributed by atoms with Crippen molar-refractivity contribution >= 4 is 23.6 Å². The van der Waals surface area contributed by atoms with E-state index in [-0.39, 0.29) is 12.2 Å². The van der Waals surface area contributed by atoms with Crippen LogP contribution in [-0.4, -0.2) is 36.6 Å². The van der Waals surface area contributed by atoms with E-state index in [0.29, 0.717) is 22.8 Å². The van der Waals surface area contributed by atoms with Crippen LogP contribution in [0.25, 0.3) is 11.3 Å². The van der Waals surface area contributed by atoms with Crippen LogP contribution in [0.1, 0.15) is 11.1 Å². The first-order chi connectivity index (χ1) is 15.4. The number of non-ortho nitro benzene ring substituents is 1. The maximum absolute atomic E-state index is 12.6. The number of hydrogen-bond acceptors (Lipinski definition) is 6. The minimum Gasteiger partial charge on any atom is -0.473 e. The number of benzene rings is 2. The predicted octanol–water partition coefficient (Wildman–Crippen LogP) is 3.78. The highest BCUT2D eigenvalue weighted by atomic mass is 19.4. The Labute approximate surface area is 184 Å². The largest absolute Gasteiger partial charge is 0.473 e. The topological polar surface area (TPSA) is 148 Å². The molecule has 0 saturated carbocycles. The van der Waals surface area contributed by atoms with Crippen molar-refractivity contribution in [1.82, 2.24) is 9.55 Å². The maximum atomic E-state index is 12.6. The van der Waals surface area contributed by atoms with Crippen LogP contribution in [0.15, 0.2) is 54.7 Å². The Balaban J connectivity index is 0.000000569. The molecule has 3 rings (SSSR count). The van der Waals surface area contributed by atoms with Crippen molar-refractivity contribution in [2.24, 2.45) is 7.05 Å². The van der Waals surface area contributed by atoms with Crippen molar-refractivity contribution in [3.8, 4) is 11.3 Å². The average molecular weight is 466 g/mol. The SMILES string of the molecule is Cn1c(-c2cccc([N+](=O)[O-])c2)cnc1NCc1ccc(C(F)(F)F)cc1.O=C(O)C(=O)O. The number of alkyl halides is 3. The van der Waals surface area contributed by atoms with Gasteiger partial charge in [-0.3, -0.25) is 10.1 Å². The number of imidazole rings is 1. The molecule has 33 heavy (non-hydrogen) atoms. The zero-order valence-corrected chi connectivity index (χ0v) is 16.9. The summed E-state index contributed by atoms with van der Waals surface area (Å²) in [5.74, 6) is -3.15. The van der Waals surface area contributed by atoms with Gasteiger partial charge in [-0.25, -0.2) is 14.6 Å². The second-order valence-corrected chi connectivity index (χ2v) is 6.49. The summed E-state index contributed by atoms with van der Waals surface area (Å²) in [5.41, 5.74) is 1.27. The summed E-state index contributed by atoms with van der Waals surface area (Å²) in [5, 5.41) is 28.8. The van der Waals surface area contributed by atoms with Crippen LogP contribution in [0.5, 0.6) is 0 Å². The lowest BCUT2D eigenvalue weighted by atomic mass is 10.1. The first kappa shape index (κ1) is 24.8. The summed E-state index contributed by atoms with van der Waals surface area (Å²) in [4.78, 5) is 32.9. The standard InChI is InChI=1S/C18H15F3N4O2.C2H2O4/c1-24-16(13-3-2-4-15(9-13)25(26)27)11-23-17(24)22-10-12-5-7-14(8-6-12)18(19,20)21;3-1(4)2(5)6/h2-9,11H,10H2,1H3,(H,22,23);(H,3,4)(H,5,6). The number of nitro groups is 1. The lowest BCUT2D eigenvalue weighted by Crippen LogP contribution is -2.09. The number of carboxylic acid groups (broad SMARTS) is 2. The van der Waals surface area contributed by atoms with Gasteiger partial charge >= 0.3 is 18.1 Å². The van der Waals surface area contributed by atoms with Gasteiger partial charge in [-0.2, -0.15) is 13.2 Å². The molecule has 0 aliphatic carbocycles. The number of aliphatic carboxylic acids is 2. The van der Waals surface area contributed by atoms with Crippen molar-refractivity contribution in [2.75, 3.05) is 5.32 Å². The first-order valence-corrected chi connectivity index (χ1v) is 9.03. The van der Waals surface area contributed by atoms with Crippen molar-refractivity contribution in [1.29, 1.82) is 0 Å². The molecular weight excluding hydrogens is 449 g/mol. The number of halogens is 3. The zero-order valence-electron chi connectivity index (χ0n) is 16.9. The van der Waals surface area contributed by atoms with Crippen molar-refractivity contribution < 1.29 is 37.9 Å². The molecule has 13 heteroatoms. The normalized spacial score (nSPS) is 10.7. The Hall–Kier alpha value is -4.42. The third-order valence-corrected chi connectivity index (χ3v) is 4.26. The minimum atomic E-state index is -4.36. The van der Waals surface area contributed by atoms with E-state index in [1.807, 2.05) is 0 Å². The van der Waals surface area contributed by atoms with Crippen LogP contribution in [-0.2, 0) is 29.4 Å². The van der Waals surface area contributed by atoms with Gasteiger partial charge in [-0.05, 0) is 17.7 Å². The van der Waals surface area contributed by atoms with Crippen molar-refractivity contribution in [3.63, 3.8) is 0 Å². The molecule has 0 bridgehead atoms. The van der Waals surface area contributed by atoms with Crippen molar-refractivity contribution in [2.45, 2.75) is 12.7 Å². The minimum absolute atomic E-state index is 0.0204. The number of hydrogen-bond donors (Lipinski definition) is 3. The molecule has 0 aliphatic rings. The molecule has 1 aromatic heterocycles. The van der Waals surface area contributed by atoms with Gasteiger partial charge in [0.2, 0.25) is 5.95 Å². The molecule has 0 spiro atoms. The first-order valence-electron chi connectivity index (χ1n) is 9.03. The van der Waals surface area contributed by atoms with Crippen LogP contribution in [0.3, 0.4) is 0 Å². The molecule has 3 aromatic rings. The van der Waals surface area contributed by atoms with Crippen molar-refractivity contribution in [3.05, 3.63) is 76.0 Å². The predicted molar refractivity (Wildman–Crippen MR) is 109 cm³/mol. The van der Waals surface area contributed by atoms with E-state index in [1.165, 1.54) is 24.3 Å². The lowest BCUT2D eigenvalue weighted by Gasteiger charge is -2.10. The Morgan fingerprint density at radius 1 is 1.12 bits per heavy atom. The molecule has 0 unspecified atom stereocenters. The number of aromatic nitrogens is 2. The molecule has 0 saturated heterocycles. The van der Waals surface area contributed by atoms with E-state index in [1.54, 1.807) is 29.9 Å². The Bertz CT molecular complexity index is 1150. The second kappa shape index (κ2) is 10.3. The number of carbonyl (C=O) groups is 2. The van der Waals surface area contributed by atoms with Gasteiger partial charge < -0.3 is 20.1 Å². The molecule has 2 aromatic carbocycles. The van der Waals surface area contributed by atoms with Crippen LogP contribution < -0.4 is 5.32 Å². The van der Waals surface area contributed by atoms with E-state index in [0.717, 1.165) is 12.1 Å². The summed E-state index contributed by atoms with van der Waals surface area (Å²) in [7, 11) is 1.75. The third-order valence-electron chi connectivity index (χ3n) is 4.26. The molecule has 3 N–H and O–H groups in total. The van der Waals surface area contributed by atoms with Gasteiger partial charge in [0.25, 0.3) is 5.69 Å². The third kappa shape index (κ3) is 6.78. The van der Waals surface area contributed by atoms with Crippen LogP contribution in [0.4, 0.5) is 24.8 Å².